The summed E-state index contributed by atoms with van der Waals surface area (Å²) < 4.78 is 6.11. The van der Waals surface area contributed by atoms with Crippen LogP contribution >= 0.6 is 0 Å². The maximum atomic E-state index is 6.11. The fourth-order valence-corrected chi connectivity index (χ4v) is 8.35. The van der Waals surface area contributed by atoms with Crippen LogP contribution in [0.25, 0.3) is 101 Å². The number of aromatic nitrogens is 3. The molecule has 0 radical (unpaired) electrons. The van der Waals surface area contributed by atoms with Gasteiger partial charge in [0.2, 0.25) is 0 Å². The van der Waals surface area contributed by atoms with E-state index in [1.165, 1.54) is 0 Å². The topological polar surface area (TPSA) is 47.9 Å². The van der Waals surface area contributed by atoms with E-state index in [-0.39, 0.29) is 0 Å². The molecule has 4 nitrogen and oxygen atoms in total. The minimum atomic E-state index is 0.788. The molecule has 10 aromatic rings. The first kappa shape index (κ1) is 38.0. The van der Waals surface area contributed by atoms with Gasteiger partial charge in [-0.05, 0) is 128 Å². The molecule has 3 heterocycles. The number of ether oxygens (including phenoxy) is 1. The van der Waals surface area contributed by atoms with Gasteiger partial charge in [0.25, 0.3) is 0 Å². The second kappa shape index (κ2) is 17.2. The molecule has 0 unspecified atom stereocenters. The Bertz CT molecular complexity index is 2980. The molecular weight excluding hydrogens is 755 g/mol. The molecule has 0 saturated carbocycles. The van der Waals surface area contributed by atoms with Crippen molar-refractivity contribution in [3.8, 4) is 106 Å². The maximum absolute atomic E-state index is 6.11. The number of methoxy groups -OCH3 is 1. The number of pyridine rings is 3. The van der Waals surface area contributed by atoms with E-state index in [1.54, 1.807) is 7.11 Å². The van der Waals surface area contributed by atoms with E-state index in [0.717, 1.165) is 106 Å². The highest BCUT2D eigenvalue weighted by atomic mass is 16.5. The van der Waals surface area contributed by atoms with Crippen LogP contribution in [0, 0.1) is 0 Å². The lowest BCUT2D eigenvalue weighted by atomic mass is 9.86. The minimum Gasteiger partial charge on any atom is -0.496 e. The van der Waals surface area contributed by atoms with Gasteiger partial charge >= 0.3 is 0 Å². The zero-order chi connectivity index (χ0) is 41.7. The van der Waals surface area contributed by atoms with Crippen LogP contribution in [0.4, 0.5) is 0 Å². The molecular formula is C58H41N3O. The Morgan fingerprint density at radius 3 is 0.968 bits per heavy atom. The highest BCUT2D eigenvalue weighted by Gasteiger charge is 2.18. The Kier molecular flexibility index (Phi) is 10.5. The van der Waals surface area contributed by atoms with Gasteiger partial charge < -0.3 is 4.74 Å². The molecule has 0 aliphatic carbocycles. The van der Waals surface area contributed by atoms with Crippen LogP contribution in [-0.2, 0) is 0 Å². The molecule has 62 heavy (non-hydrogen) atoms. The van der Waals surface area contributed by atoms with Gasteiger partial charge in [-0.25, -0.2) is 0 Å². The zero-order valence-corrected chi connectivity index (χ0v) is 34.2. The van der Waals surface area contributed by atoms with Crippen molar-refractivity contribution < 1.29 is 4.74 Å². The number of benzene rings is 7. The summed E-state index contributed by atoms with van der Waals surface area (Å²) in [6, 6.07) is 74.9. The smallest absolute Gasteiger partial charge is 0.127 e. The second-order valence-corrected chi connectivity index (χ2v) is 15.2. The molecule has 0 aliphatic heterocycles. The molecule has 0 fully saturated rings. The summed E-state index contributed by atoms with van der Waals surface area (Å²) in [6.45, 7) is 0. The molecule has 0 amide bonds. The summed E-state index contributed by atoms with van der Waals surface area (Å²) in [5, 5.41) is 0. The molecule has 4 heteroatoms. The first-order chi connectivity index (χ1) is 30.7. The Balaban J connectivity index is 1.14. The molecule has 0 bridgehead atoms. The minimum absolute atomic E-state index is 0.788. The summed E-state index contributed by atoms with van der Waals surface area (Å²) in [5.41, 5.74) is 19.4. The molecule has 7 aromatic carbocycles. The van der Waals surface area contributed by atoms with Gasteiger partial charge in [0.1, 0.15) is 5.75 Å². The molecule has 0 atom stereocenters. The fourth-order valence-electron chi connectivity index (χ4n) is 8.35. The van der Waals surface area contributed by atoms with Crippen LogP contribution in [0.5, 0.6) is 5.75 Å². The van der Waals surface area contributed by atoms with E-state index < -0.39 is 0 Å². The van der Waals surface area contributed by atoms with E-state index in [0.29, 0.717) is 0 Å². The Morgan fingerprint density at radius 2 is 0.581 bits per heavy atom. The van der Waals surface area contributed by atoms with E-state index in [4.69, 9.17) is 4.74 Å². The van der Waals surface area contributed by atoms with Gasteiger partial charge in [-0.3, -0.25) is 15.0 Å². The summed E-state index contributed by atoms with van der Waals surface area (Å²) in [4.78, 5) is 13.8. The zero-order valence-electron chi connectivity index (χ0n) is 34.2. The summed E-state index contributed by atoms with van der Waals surface area (Å²) in [7, 11) is 1.74. The van der Waals surface area contributed by atoms with Crippen molar-refractivity contribution in [2.24, 2.45) is 0 Å². The molecule has 0 aliphatic rings. The first-order valence-corrected chi connectivity index (χ1v) is 20.8. The predicted molar refractivity (Wildman–Crippen MR) is 255 cm³/mol. The second-order valence-electron chi connectivity index (χ2n) is 15.2. The van der Waals surface area contributed by atoms with Crippen LogP contribution in [0.1, 0.15) is 0 Å². The predicted octanol–water partition coefficient (Wildman–Crippen LogP) is 14.9. The molecule has 0 spiro atoms. The van der Waals surface area contributed by atoms with Crippen LogP contribution in [0.2, 0.25) is 0 Å². The average Bonchev–Trinajstić information content (AvgIpc) is 3.37. The van der Waals surface area contributed by atoms with E-state index >= 15 is 0 Å². The van der Waals surface area contributed by atoms with Gasteiger partial charge in [-0.2, -0.15) is 0 Å². The van der Waals surface area contributed by atoms with Gasteiger partial charge in [0, 0.05) is 40.8 Å². The summed E-state index contributed by atoms with van der Waals surface area (Å²) in [5.74, 6) is 0.788. The van der Waals surface area contributed by atoms with E-state index in [1.807, 2.05) is 73.2 Å². The van der Waals surface area contributed by atoms with Crippen LogP contribution < -0.4 is 4.74 Å². The van der Waals surface area contributed by atoms with Crippen LogP contribution in [0.3, 0.4) is 0 Å². The average molecular weight is 796 g/mol. The third kappa shape index (κ3) is 7.69. The van der Waals surface area contributed by atoms with Crippen molar-refractivity contribution in [3.05, 3.63) is 231 Å². The van der Waals surface area contributed by atoms with Crippen molar-refractivity contribution in [1.29, 1.82) is 0 Å². The molecule has 10 rings (SSSR count). The van der Waals surface area contributed by atoms with Crippen molar-refractivity contribution in [2.75, 3.05) is 7.11 Å². The lowest BCUT2D eigenvalue weighted by molar-refractivity contribution is 0.416. The third-order valence-corrected chi connectivity index (χ3v) is 11.4. The largest absolute Gasteiger partial charge is 0.496 e. The van der Waals surface area contributed by atoms with Crippen molar-refractivity contribution in [1.82, 2.24) is 15.0 Å². The highest BCUT2D eigenvalue weighted by molar-refractivity contribution is 5.95. The van der Waals surface area contributed by atoms with Crippen LogP contribution in [0.15, 0.2) is 231 Å². The Labute approximate surface area is 362 Å². The van der Waals surface area contributed by atoms with Gasteiger partial charge in [-0.15, -0.1) is 0 Å². The van der Waals surface area contributed by atoms with Gasteiger partial charge in [0.05, 0.1) is 24.2 Å². The lowest BCUT2D eigenvalue weighted by Gasteiger charge is -2.19. The molecule has 0 N–H and O–H groups in total. The van der Waals surface area contributed by atoms with Gasteiger partial charge in [-0.1, -0.05) is 146 Å². The van der Waals surface area contributed by atoms with Crippen molar-refractivity contribution in [2.45, 2.75) is 0 Å². The number of hydrogen-bond donors (Lipinski definition) is 0. The Hall–Kier alpha value is -8.21. The Morgan fingerprint density at radius 1 is 0.258 bits per heavy atom. The van der Waals surface area contributed by atoms with E-state index in [2.05, 4.69) is 173 Å². The fraction of sp³-hybridized carbons (Fsp3) is 0.0172. The standard InChI is InChI=1S/C58H41N3O/c1-62-58-39-44(57-22-10-13-35-61-57)31-32-54(58)53-19-7-6-18-52(53)47-37-45(50-16-4-2-14-48(50)40-23-27-42(28-24-40)55-20-8-11-33-59-55)36-46(38-47)51-17-5-3-15-49(51)41-25-29-43(30-26-41)56-21-9-12-34-60-56/h2-39H,1H3. The normalized spacial score (nSPS) is 11.0. The third-order valence-electron chi connectivity index (χ3n) is 11.4. The molecule has 294 valence electrons. The quantitative estimate of drug-likeness (QED) is 0.138. The van der Waals surface area contributed by atoms with Crippen molar-refractivity contribution in [3.63, 3.8) is 0 Å². The number of hydrogen-bond acceptors (Lipinski definition) is 4. The number of nitrogens with zero attached hydrogens (tertiary/aromatic N) is 3. The monoisotopic (exact) mass is 795 g/mol. The molecule has 3 aromatic heterocycles. The SMILES string of the molecule is COc1cc(-c2ccccn2)ccc1-c1ccccc1-c1cc(-c2ccccc2-c2ccc(-c3ccccn3)cc2)cc(-c2ccccc2-c2ccc(-c3ccccn3)cc2)c1. The first-order valence-electron chi connectivity index (χ1n) is 20.8. The number of rotatable bonds is 10. The molecule has 0 saturated heterocycles. The maximum Gasteiger partial charge on any atom is 0.127 e. The summed E-state index contributed by atoms with van der Waals surface area (Å²) >= 11 is 0. The van der Waals surface area contributed by atoms with E-state index in [9.17, 15) is 0 Å². The summed E-state index contributed by atoms with van der Waals surface area (Å²) in [6.07, 6.45) is 5.49. The lowest BCUT2D eigenvalue weighted by Crippen LogP contribution is -1.94. The van der Waals surface area contributed by atoms with Crippen LogP contribution in [-0.4, -0.2) is 22.1 Å². The van der Waals surface area contributed by atoms with Gasteiger partial charge in [0.15, 0.2) is 0 Å². The van der Waals surface area contributed by atoms with Crippen molar-refractivity contribution >= 4 is 0 Å². The highest BCUT2D eigenvalue weighted by Crippen LogP contribution is 2.44.